The molecule has 0 heterocycles. The van der Waals surface area contributed by atoms with Crippen LogP contribution >= 0.6 is 0 Å². The zero-order chi connectivity index (χ0) is 8.23. The van der Waals surface area contributed by atoms with E-state index in [1.165, 1.54) is 51.4 Å². The van der Waals surface area contributed by atoms with E-state index in [0.717, 1.165) is 0 Å². The summed E-state index contributed by atoms with van der Waals surface area (Å²) >= 11 is 0. The Hall–Kier alpha value is -0.400. The van der Waals surface area contributed by atoms with Crippen molar-refractivity contribution < 1.29 is 0 Å². The van der Waals surface area contributed by atoms with Crippen LogP contribution in [-0.4, -0.2) is 12.1 Å². The minimum absolute atomic E-state index is 0.589. The van der Waals surface area contributed by atoms with Gasteiger partial charge in [-0.1, -0.05) is 25.7 Å². The van der Waals surface area contributed by atoms with Gasteiger partial charge in [0.15, 0.2) is 0 Å². The second kappa shape index (κ2) is 4.01. The van der Waals surface area contributed by atoms with Crippen LogP contribution in [0.4, 0.5) is 0 Å². The fourth-order valence-electron chi connectivity index (χ4n) is 2.23. The number of rotatable bonds is 2. The largest absolute Gasteiger partial charge is 0.191 e. The molecule has 0 amide bonds. The summed E-state index contributed by atoms with van der Waals surface area (Å²) in [4.78, 5) is 0. The van der Waals surface area contributed by atoms with Crippen molar-refractivity contribution in [3.63, 3.8) is 0 Å². The summed E-state index contributed by atoms with van der Waals surface area (Å²) in [7, 11) is 0. The Morgan fingerprint density at radius 3 is 1.25 bits per heavy atom. The maximum Gasteiger partial charge on any atom is 0.0708 e. The minimum atomic E-state index is 0.589. The van der Waals surface area contributed by atoms with Gasteiger partial charge in [0, 0.05) is 0 Å². The van der Waals surface area contributed by atoms with Gasteiger partial charge in [0.05, 0.1) is 12.1 Å². The molecular formula is C10H18N2. The Morgan fingerprint density at radius 2 is 0.917 bits per heavy atom. The first-order valence-electron chi connectivity index (χ1n) is 5.35. The van der Waals surface area contributed by atoms with Crippen molar-refractivity contribution >= 4 is 0 Å². The van der Waals surface area contributed by atoms with Crippen LogP contribution in [-0.2, 0) is 0 Å². The first-order valence-corrected chi connectivity index (χ1v) is 5.35. The molecule has 0 bridgehead atoms. The molecule has 2 aliphatic carbocycles. The molecule has 0 saturated heterocycles. The molecule has 0 aromatic carbocycles. The molecule has 68 valence electrons. The second-order valence-electron chi connectivity index (χ2n) is 4.11. The van der Waals surface area contributed by atoms with Crippen molar-refractivity contribution in [2.24, 2.45) is 10.2 Å². The molecule has 12 heavy (non-hydrogen) atoms. The fraction of sp³-hybridized carbons (Fsp3) is 1.00. The number of hydrogen-bond donors (Lipinski definition) is 0. The van der Waals surface area contributed by atoms with E-state index in [1.807, 2.05) is 0 Å². The van der Waals surface area contributed by atoms with Gasteiger partial charge in [-0.15, -0.1) is 0 Å². The van der Waals surface area contributed by atoms with Crippen molar-refractivity contribution in [1.29, 1.82) is 0 Å². The Balaban J connectivity index is 1.75. The highest BCUT2D eigenvalue weighted by Crippen LogP contribution is 2.25. The van der Waals surface area contributed by atoms with Gasteiger partial charge in [0.25, 0.3) is 0 Å². The van der Waals surface area contributed by atoms with Crippen LogP contribution in [0, 0.1) is 0 Å². The summed E-state index contributed by atoms with van der Waals surface area (Å²) < 4.78 is 0. The smallest absolute Gasteiger partial charge is 0.0708 e. The summed E-state index contributed by atoms with van der Waals surface area (Å²) in [5.41, 5.74) is 0. The Kier molecular flexibility index (Phi) is 2.75. The SMILES string of the molecule is C1CCC(N=NC2CCCC2)C1. The lowest BCUT2D eigenvalue weighted by Gasteiger charge is -2.02. The third kappa shape index (κ3) is 2.05. The van der Waals surface area contributed by atoms with E-state index in [1.54, 1.807) is 0 Å². The normalized spacial score (nSPS) is 27.7. The highest BCUT2D eigenvalue weighted by atomic mass is 15.1. The molecule has 2 aliphatic rings. The first kappa shape index (κ1) is 8.21. The summed E-state index contributed by atoms with van der Waals surface area (Å²) in [6, 6.07) is 1.18. The topological polar surface area (TPSA) is 24.7 Å². The van der Waals surface area contributed by atoms with Gasteiger partial charge in [0.1, 0.15) is 0 Å². The first-order chi connectivity index (χ1) is 5.95. The zero-order valence-electron chi connectivity index (χ0n) is 7.71. The van der Waals surface area contributed by atoms with Gasteiger partial charge < -0.3 is 0 Å². The molecule has 2 rings (SSSR count). The number of azo groups is 1. The predicted molar refractivity (Wildman–Crippen MR) is 49.4 cm³/mol. The van der Waals surface area contributed by atoms with Crippen LogP contribution in [0.25, 0.3) is 0 Å². The summed E-state index contributed by atoms with van der Waals surface area (Å²) in [6.45, 7) is 0. The van der Waals surface area contributed by atoms with Crippen molar-refractivity contribution in [2.45, 2.75) is 63.5 Å². The van der Waals surface area contributed by atoms with Crippen LogP contribution in [0.5, 0.6) is 0 Å². The van der Waals surface area contributed by atoms with Gasteiger partial charge in [-0.05, 0) is 25.7 Å². The Labute approximate surface area is 74.5 Å². The lowest BCUT2D eigenvalue weighted by molar-refractivity contribution is 0.585. The molecular weight excluding hydrogens is 148 g/mol. The maximum absolute atomic E-state index is 4.43. The lowest BCUT2D eigenvalue weighted by Crippen LogP contribution is -1.99. The van der Waals surface area contributed by atoms with Crippen LogP contribution < -0.4 is 0 Å². The van der Waals surface area contributed by atoms with E-state index in [0.29, 0.717) is 12.1 Å². The molecule has 0 atom stereocenters. The molecule has 0 N–H and O–H groups in total. The number of hydrogen-bond acceptors (Lipinski definition) is 2. The monoisotopic (exact) mass is 166 g/mol. The Morgan fingerprint density at radius 1 is 0.583 bits per heavy atom. The van der Waals surface area contributed by atoms with E-state index < -0.39 is 0 Å². The van der Waals surface area contributed by atoms with Crippen molar-refractivity contribution in [1.82, 2.24) is 0 Å². The molecule has 2 heteroatoms. The average Bonchev–Trinajstić information content (AvgIpc) is 2.74. The molecule has 0 radical (unpaired) electrons. The van der Waals surface area contributed by atoms with Crippen LogP contribution in [0.1, 0.15) is 51.4 Å². The lowest BCUT2D eigenvalue weighted by atomic mass is 10.3. The average molecular weight is 166 g/mol. The number of nitrogens with zero attached hydrogens (tertiary/aromatic N) is 2. The van der Waals surface area contributed by atoms with E-state index >= 15 is 0 Å². The van der Waals surface area contributed by atoms with Crippen molar-refractivity contribution in [3.05, 3.63) is 0 Å². The minimum Gasteiger partial charge on any atom is -0.191 e. The van der Waals surface area contributed by atoms with E-state index in [-0.39, 0.29) is 0 Å². The van der Waals surface area contributed by atoms with E-state index in [2.05, 4.69) is 10.2 Å². The molecule has 0 aliphatic heterocycles. The van der Waals surface area contributed by atoms with Crippen LogP contribution in [0.15, 0.2) is 10.2 Å². The summed E-state index contributed by atoms with van der Waals surface area (Å²) in [5.74, 6) is 0. The van der Waals surface area contributed by atoms with Crippen LogP contribution in [0.3, 0.4) is 0 Å². The predicted octanol–water partition coefficient (Wildman–Crippen LogP) is 3.32. The molecule has 0 aromatic heterocycles. The van der Waals surface area contributed by atoms with E-state index in [9.17, 15) is 0 Å². The summed E-state index contributed by atoms with van der Waals surface area (Å²) in [6.07, 6.45) is 10.6. The standard InChI is InChI=1S/C10H18N2/c1-2-6-9(5-1)11-12-10-7-3-4-8-10/h9-10H,1-8H2. The van der Waals surface area contributed by atoms with Crippen molar-refractivity contribution in [2.75, 3.05) is 0 Å². The van der Waals surface area contributed by atoms with Crippen molar-refractivity contribution in [3.8, 4) is 0 Å². The van der Waals surface area contributed by atoms with Gasteiger partial charge >= 0.3 is 0 Å². The molecule has 2 saturated carbocycles. The highest BCUT2D eigenvalue weighted by molar-refractivity contribution is 4.75. The zero-order valence-corrected chi connectivity index (χ0v) is 7.71. The molecule has 0 spiro atoms. The highest BCUT2D eigenvalue weighted by Gasteiger charge is 2.16. The molecule has 2 nitrogen and oxygen atoms in total. The third-order valence-corrected chi connectivity index (χ3v) is 3.04. The van der Waals surface area contributed by atoms with Gasteiger partial charge in [-0.25, -0.2) is 0 Å². The third-order valence-electron chi connectivity index (χ3n) is 3.04. The summed E-state index contributed by atoms with van der Waals surface area (Å²) in [5, 5.41) is 8.86. The Bertz CT molecular complexity index is 135. The fourth-order valence-corrected chi connectivity index (χ4v) is 2.23. The molecule has 2 fully saturated rings. The van der Waals surface area contributed by atoms with E-state index in [4.69, 9.17) is 0 Å². The van der Waals surface area contributed by atoms with Gasteiger partial charge in [-0.3, -0.25) is 0 Å². The van der Waals surface area contributed by atoms with Gasteiger partial charge in [0.2, 0.25) is 0 Å². The quantitative estimate of drug-likeness (QED) is 0.562. The molecule has 0 aromatic rings. The maximum atomic E-state index is 4.43. The van der Waals surface area contributed by atoms with Gasteiger partial charge in [-0.2, -0.15) is 10.2 Å². The molecule has 0 unspecified atom stereocenters. The second-order valence-corrected chi connectivity index (χ2v) is 4.11. The van der Waals surface area contributed by atoms with Crippen LogP contribution in [0.2, 0.25) is 0 Å².